The van der Waals surface area contributed by atoms with Gasteiger partial charge in [0.05, 0.1) is 5.02 Å². The molecule has 0 bridgehead atoms. The van der Waals surface area contributed by atoms with Gasteiger partial charge >= 0.3 is 0 Å². The van der Waals surface area contributed by atoms with Crippen LogP contribution in [0, 0.1) is 6.92 Å². The fraction of sp³-hybridized carbons (Fsp3) is 0.0667. The van der Waals surface area contributed by atoms with E-state index in [4.69, 9.17) is 27.6 Å². The molecule has 0 fully saturated rings. The van der Waals surface area contributed by atoms with Gasteiger partial charge in [-0.1, -0.05) is 23.2 Å². The van der Waals surface area contributed by atoms with Gasteiger partial charge in [0.25, 0.3) is 0 Å². The number of carbonyl (C=O) groups is 1. The third-order valence-electron chi connectivity index (χ3n) is 2.91. The summed E-state index contributed by atoms with van der Waals surface area (Å²) < 4.78 is 5.52. The van der Waals surface area contributed by atoms with Crippen LogP contribution < -0.4 is 0 Å². The molecule has 2 aromatic heterocycles. The maximum atomic E-state index is 12.4. The number of carbonyl (C=O) groups excluding carboxylic acids is 1. The van der Waals surface area contributed by atoms with E-state index in [-0.39, 0.29) is 11.5 Å². The lowest BCUT2D eigenvalue weighted by molar-refractivity contribution is 0.101. The maximum Gasteiger partial charge on any atom is 0.229 e. The molecule has 100 valence electrons. The number of fused-ring (bicyclic) bond motifs is 1. The quantitative estimate of drug-likeness (QED) is 0.646. The zero-order valence-electron chi connectivity index (χ0n) is 10.5. The summed E-state index contributed by atoms with van der Waals surface area (Å²) in [7, 11) is 0. The summed E-state index contributed by atoms with van der Waals surface area (Å²) in [5.74, 6) is -0.115. The van der Waals surface area contributed by atoms with Crippen LogP contribution in [0.2, 0.25) is 10.0 Å². The Morgan fingerprint density at radius 3 is 2.75 bits per heavy atom. The van der Waals surface area contributed by atoms with Crippen LogP contribution in [0.1, 0.15) is 21.8 Å². The average Bonchev–Trinajstić information content (AvgIpc) is 2.83. The Balaban J connectivity index is 2.10. The van der Waals surface area contributed by atoms with Gasteiger partial charge in [0.15, 0.2) is 11.3 Å². The Kier molecular flexibility index (Phi) is 3.24. The van der Waals surface area contributed by atoms with Crippen molar-refractivity contribution in [3.8, 4) is 0 Å². The summed E-state index contributed by atoms with van der Waals surface area (Å²) in [5, 5.41) is 0.784. The highest BCUT2D eigenvalue weighted by Gasteiger charge is 2.18. The number of aromatic nitrogens is 1. The van der Waals surface area contributed by atoms with Gasteiger partial charge in [-0.25, -0.2) is 4.98 Å². The Morgan fingerprint density at radius 2 is 1.95 bits per heavy atom. The first-order valence-corrected chi connectivity index (χ1v) is 6.67. The lowest BCUT2D eigenvalue weighted by atomic mass is 10.1. The van der Waals surface area contributed by atoms with Crippen LogP contribution in [0.5, 0.6) is 0 Å². The van der Waals surface area contributed by atoms with Crippen LogP contribution in [0.15, 0.2) is 40.8 Å². The SMILES string of the molecule is Cc1ccc2oc(C(=O)c3cc(Cl)ccc3Cl)cc2n1. The number of halogens is 2. The molecule has 5 heteroatoms. The van der Waals surface area contributed by atoms with Crippen molar-refractivity contribution in [1.82, 2.24) is 4.98 Å². The number of hydrogen-bond donors (Lipinski definition) is 0. The van der Waals surface area contributed by atoms with Crippen molar-refractivity contribution in [3.63, 3.8) is 0 Å². The van der Waals surface area contributed by atoms with E-state index in [1.165, 1.54) is 6.07 Å². The average molecular weight is 306 g/mol. The zero-order chi connectivity index (χ0) is 14.3. The topological polar surface area (TPSA) is 43.1 Å². The van der Waals surface area contributed by atoms with Gasteiger partial charge in [-0.3, -0.25) is 4.79 Å². The van der Waals surface area contributed by atoms with Gasteiger partial charge in [-0.2, -0.15) is 0 Å². The monoisotopic (exact) mass is 305 g/mol. The third-order valence-corrected chi connectivity index (χ3v) is 3.47. The minimum Gasteiger partial charge on any atom is -0.451 e. The van der Waals surface area contributed by atoms with Crippen LogP contribution in [-0.2, 0) is 0 Å². The third kappa shape index (κ3) is 2.30. The fourth-order valence-corrected chi connectivity index (χ4v) is 2.32. The summed E-state index contributed by atoms with van der Waals surface area (Å²) in [6.07, 6.45) is 0. The second-order valence-electron chi connectivity index (χ2n) is 4.40. The molecule has 0 radical (unpaired) electrons. The van der Waals surface area contributed by atoms with Crippen molar-refractivity contribution in [1.29, 1.82) is 0 Å². The largest absolute Gasteiger partial charge is 0.451 e. The molecule has 0 spiro atoms. The molecular weight excluding hydrogens is 297 g/mol. The molecule has 0 aliphatic rings. The molecular formula is C15H9Cl2NO2. The molecule has 3 rings (SSSR count). The van der Waals surface area contributed by atoms with Gasteiger partial charge in [-0.15, -0.1) is 0 Å². The normalized spacial score (nSPS) is 10.9. The van der Waals surface area contributed by atoms with Crippen molar-refractivity contribution in [2.24, 2.45) is 0 Å². The molecule has 3 aromatic rings. The molecule has 0 saturated carbocycles. The van der Waals surface area contributed by atoms with Crippen molar-refractivity contribution >= 4 is 40.1 Å². The predicted molar refractivity (Wildman–Crippen MR) is 78.6 cm³/mol. The van der Waals surface area contributed by atoms with Crippen LogP contribution in [0.3, 0.4) is 0 Å². The first kappa shape index (κ1) is 13.2. The second kappa shape index (κ2) is 4.93. The maximum absolute atomic E-state index is 12.4. The van der Waals surface area contributed by atoms with Gasteiger partial charge in [0.2, 0.25) is 5.78 Å². The number of furan rings is 1. The number of benzene rings is 1. The summed E-state index contributed by atoms with van der Waals surface area (Å²) in [4.78, 5) is 16.7. The Labute approximate surface area is 125 Å². The smallest absolute Gasteiger partial charge is 0.229 e. The van der Waals surface area contributed by atoms with Gasteiger partial charge in [-0.05, 0) is 37.3 Å². The molecule has 0 amide bonds. The number of aryl methyl sites for hydroxylation is 1. The van der Waals surface area contributed by atoms with Crippen LogP contribution in [-0.4, -0.2) is 10.8 Å². The molecule has 0 saturated heterocycles. The minimum absolute atomic E-state index is 0.197. The molecule has 0 aliphatic heterocycles. The summed E-state index contributed by atoms with van der Waals surface area (Å²) in [5.41, 5.74) is 2.39. The van der Waals surface area contributed by atoms with Crippen molar-refractivity contribution in [3.05, 3.63) is 63.5 Å². The lowest BCUT2D eigenvalue weighted by Gasteiger charge is -2.01. The number of rotatable bonds is 2. The summed E-state index contributed by atoms with van der Waals surface area (Å²) in [6, 6.07) is 9.97. The number of hydrogen-bond acceptors (Lipinski definition) is 3. The molecule has 3 nitrogen and oxygen atoms in total. The van der Waals surface area contributed by atoms with Crippen LogP contribution >= 0.6 is 23.2 Å². The molecule has 0 N–H and O–H groups in total. The van der Waals surface area contributed by atoms with Gasteiger partial charge in [0, 0.05) is 22.3 Å². The molecule has 1 aromatic carbocycles. The zero-order valence-corrected chi connectivity index (χ0v) is 12.0. The van der Waals surface area contributed by atoms with E-state index < -0.39 is 0 Å². The lowest BCUT2D eigenvalue weighted by Crippen LogP contribution is -2.00. The standard InChI is InChI=1S/C15H9Cl2NO2/c1-8-2-5-13-12(18-8)7-14(20-13)15(19)10-6-9(16)3-4-11(10)17/h2-7H,1H3. The molecule has 20 heavy (non-hydrogen) atoms. The van der Waals surface area contributed by atoms with E-state index in [0.717, 1.165) is 5.69 Å². The molecule has 0 unspecified atom stereocenters. The first-order chi connectivity index (χ1) is 9.54. The number of ketones is 1. The van der Waals surface area contributed by atoms with E-state index in [1.54, 1.807) is 24.3 Å². The summed E-state index contributed by atoms with van der Waals surface area (Å²) >= 11 is 11.9. The Bertz CT molecular complexity index is 824. The highest BCUT2D eigenvalue weighted by molar-refractivity contribution is 6.36. The van der Waals surface area contributed by atoms with Gasteiger partial charge in [0.1, 0.15) is 5.52 Å². The highest BCUT2D eigenvalue weighted by Crippen LogP contribution is 2.26. The fourth-order valence-electron chi connectivity index (χ4n) is 1.94. The van der Waals surface area contributed by atoms with Crippen molar-refractivity contribution < 1.29 is 9.21 Å². The number of nitrogens with zero attached hydrogens (tertiary/aromatic N) is 1. The van der Waals surface area contributed by atoms with Gasteiger partial charge < -0.3 is 4.42 Å². The first-order valence-electron chi connectivity index (χ1n) is 5.91. The molecule has 2 heterocycles. The minimum atomic E-state index is -0.312. The summed E-state index contributed by atoms with van der Waals surface area (Å²) in [6.45, 7) is 1.88. The van der Waals surface area contributed by atoms with Crippen LogP contribution in [0.4, 0.5) is 0 Å². The van der Waals surface area contributed by atoms with E-state index in [0.29, 0.717) is 26.7 Å². The molecule has 0 atom stereocenters. The number of pyridine rings is 1. The van der Waals surface area contributed by atoms with E-state index in [9.17, 15) is 4.79 Å². The van der Waals surface area contributed by atoms with E-state index in [1.807, 2.05) is 13.0 Å². The highest BCUT2D eigenvalue weighted by atomic mass is 35.5. The molecule has 0 aliphatic carbocycles. The van der Waals surface area contributed by atoms with E-state index >= 15 is 0 Å². The van der Waals surface area contributed by atoms with Crippen molar-refractivity contribution in [2.45, 2.75) is 6.92 Å². The van der Waals surface area contributed by atoms with Crippen molar-refractivity contribution in [2.75, 3.05) is 0 Å². The Hall–Kier alpha value is -1.84. The second-order valence-corrected chi connectivity index (χ2v) is 5.24. The van der Waals surface area contributed by atoms with E-state index in [2.05, 4.69) is 4.98 Å². The van der Waals surface area contributed by atoms with Crippen LogP contribution in [0.25, 0.3) is 11.1 Å². The predicted octanol–water partition coefficient (Wildman–Crippen LogP) is 4.67. The Morgan fingerprint density at radius 1 is 1.15 bits per heavy atom.